The summed E-state index contributed by atoms with van der Waals surface area (Å²) in [6, 6.07) is 13.2. The van der Waals surface area contributed by atoms with Gasteiger partial charge in [-0.3, -0.25) is 14.4 Å². The topological polar surface area (TPSA) is 102 Å². The van der Waals surface area contributed by atoms with Gasteiger partial charge in [-0.1, -0.05) is 24.3 Å². The zero-order chi connectivity index (χ0) is 20.3. The summed E-state index contributed by atoms with van der Waals surface area (Å²) >= 11 is 0. The molecule has 144 valence electrons. The van der Waals surface area contributed by atoms with Gasteiger partial charge in [0.2, 0.25) is 11.8 Å². The van der Waals surface area contributed by atoms with E-state index in [0.717, 1.165) is 0 Å². The van der Waals surface area contributed by atoms with Gasteiger partial charge in [0.05, 0.1) is 30.2 Å². The molecule has 1 fully saturated rings. The first-order valence-electron chi connectivity index (χ1n) is 8.80. The van der Waals surface area contributed by atoms with Crippen molar-refractivity contribution in [2.45, 2.75) is 13.3 Å². The number of rotatable bonds is 6. The molecule has 2 amide bonds. The van der Waals surface area contributed by atoms with Crippen molar-refractivity contribution in [3.8, 4) is 0 Å². The summed E-state index contributed by atoms with van der Waals surface area (Å²) in [7, 11) is 1.27. The lowest BCUT2D eigenvalue weighted by atomic mass is 10.1. The fraction of sp³-hybridized carbons (Fsp3) is 0.238. The molecule has 1 aliphatic rings. The van der Waals surface area contributed by atoms with Crippen LogP contribution in [0.2, 0.25) is 0 Å². The Morgan fingerprint density at radius 2 is 1.61 bits per heavy atom. The van der Waals surface area contributed by atoms with Crippen LogP contribution in [0, 0.1) is 11.8 Å². The number of esters is 1. The van der Waals surface area contributed by atoms with Crippen LogP contribution in [0.25, 0.3) is 0 Å². The minimum absolute atomic E-state index is 0.0935. The second kappa shape index (κ2) is 8.04. The summed E-state index contributed by atoms with van der Waals surface area (Å²) in [5, 5.41) is 5.44. The van der Waals surface area contributed by atoms with Crippen LogP contribution in [0.4, 0.5) is 11.4 Å². The Bertz CT molecular complexity index is 953. The third-order valence-corrected chi connectivity index (χ3v) is 4.59. The molecule has 7 nitrogen and oxygen atoms in total. The number of carbonyl (C=O) groups is 4. The zero-order valence-corrected chi connectivity index (χ0v) is 15.5. The van der Waals surface area contributed by atoms with Crippen molar-refractivity contribution in [1.82, 2.24) is 0 Å². The molecule has 1 saturated carbocycles. The monoisotopic (exact) mass is 380 g/mol. The van der Waals surface area contributed by atoms with Crippen molar-refractivity contribution in [2.24, 2.45) is 11.8 Å². The van der Waals surface area contributed by atoms with Crippen molar-refractivity contribution in [2.75, 3.05) is 17.7 Å². The maximum atomic E-state index is 12.5. The Balaban J connectivity index is 1.62. The maximum absolute atomic E-state index is 12.5. The predicted octanol–water partition coefficient (Wildman–Crippen LogP) is 2.89. The van der Waals surface area contributed by atoms with E-state index in [0.29, 0.717) is 23.4 Å². The number of Topliss-reactive ketones (excluding diaryl/α,β-unsaturated/α-hetero) is 1. The Kier molecular flexibility index (Phi) is 5.54. The first-order valence-corrected chi connectivity index (χ1v) is 8.80. The third kappa shape index (κ3) is 4.25. The van der Waals surface area contributed by atoms with Crippen LogP contribution in [0.1, 0.15) is 34.1 Å². The number of anilines is 2. The van der Waals surface area contributed by atoms with E-state index in [1.807, 2.05) is 0 Å². The van der Waals surface area contributed by atoms with Crippen LogP contribution in [0.15, 0.2) is 48.5 Å². The third-order valence-electron chi connectivity index (χ3n) is 4.59. The largest absolute Gasteiger partial charge is 0.465 e. The van der Waals surface area contributed by atoms with Gasteiger partial charge in [-0.25, -0.2) is 4.79 Å². The van der Waals surface area contributed by atoms with Crippen LogP contribution >= 0.6 is 0 Å². The molecule has 0 bridgehead atoms. The molecule has 0 aromatic heterocycles. The van der Waals surface area contributed by atoms with E-state index < -0.39 is 17.8 Å². The van der Waals surface area contributed by atoms with Gasteiger partial charge in [0.25, 0.3) is 0 Å². The molecule has 0 radical (unpaired) electrons. The maximum Gasteiger partial charge on any atom is 0.339 e. The van der Waals surface area contributed by atoms with Gasteiger partial charge in [-0.15, -0.1) is 0 Å². The van der Waals surface area contributed by atoms with E-state index in [9.17, 15) is 19.2 Å². The number of carbonyl (C=O) groups excluding carboxylic acids is 4. The highest BCUT2D eigenvalue weighted by Crippen LogP contribution is 2.40. The average molecular weight is 380 g/mol. The molecule has 2 unspecified atom stereocenters. The fourth-order valence-electron chi connectivity index (χ4n) is 2.93. The zero-order valence-electron chi connectivity index (χ0n) is 15.5. The van der Waals surface area contributed by atoms with Gasteiger partial charge in [0, 0.05) is 11.3 Å². The summed E-state index contributed by atoms with van der Waals surface area (Å²) in [4.78, 5) is 48.1. The number of nitrogens with one attached hydrogen (secondary N) is 2. The lowest BCUT2D eigenvalue weighted by Gasteiger charge is -2.10. The molecular formula is C21H20N2O5. The fourth-order valence-corrected chi connectivity index (χ4v) is 2.93. The molecule has 2 atom stereocenters. The highest BCUT2D eigenvalue weighted by molar-refractivity contribution is 6.06. The number of ether oxygens (including phenoxy) is 1. The van der Waals surface area contributed by atoms with Crippen molar-refractivity contribution in [1.29, 1.82) is 0 Å². The van der Waals surface area contributed by atoms with Gasteiger partial charge in [-0.05, 0) is 37.6 Å². The Morgan fingerprint density at radius 3 is 2.29 bits per heavy atom. The number of hydrogen-bond acceptors (Lipinski definition) is 5. The first kappa shape index (κ1) is 19.3. The van der Waals surface area contributed by atoms with Crippen molar-refractivity contribution < 1.29 is 23.9 Å². The summed E-state index contributed by atoms with van der Waals surface area (Å²) in [5.41, 5.74) is 1.61. The van der Waals surface area contributed by atoms with Crippen molar-refractivity contribution in [3.05, 3.63) is 59.7 Å². The van der Waals surface area contributed by atoms with Crippen LogP contribution < -0.4 is 10.6 Å². The van der Waals surface area contributed by atoms with E-state index in [1.54, 1.807) is 48.5 Å². The smallest absolute Gasteiger partial charge is 0.339 e. The molecular weight excluding hydrogens is 360 g/mol. The predicted molar refractivity (Wildman–Crippen MR) is 103 cm³/mol. The highest BCUT2D eigenvalue weighted by atomic mass is 16.5. The molecule has 2 aromatic rings. The Hall–Kier alpha value is -3.48. The van der Waals surface area contributed by atoms with Gasteiger partial charge in [-0.2, -0.15) is 0 Å². The molecule has 2 aromatic carbocycles. The molecule has 7 heteroatoms. The van der Waals surface area contributed by atoms with Crippen LogP contribution in [0.5, 0.6) is 0 Å². The summed E-state index contributed by atoms with van der Waals surface area (Å²) in [6.07, 6.45) is 0.421. The van der Waals surface area contributed by atoms with Gasteiger partial charge in [0.15, 0.2) is 5.78 Å². The van der Waals surface area contributed by atoms with E-state index in [-0.39, 0.29) is 23.2 Å². The van der Waals surface area contributed by atoms with Gasteiger partial charge >= 0.3 is 5.97 Å². The molecule has 28 heavy (non-hydrogen) atoms. The van der Waals surface area contributed by atoms with Gasteiger partial charge in [0.1, 0.15) is 0 Å². The standard InChI is InChI=1S/C21H20N2O5/c1-12(24)13-6-5-7-14(10-13)22-19(25)16-11-17(16)20(26)23-18-9-4-3-8-15(18)21(27)28-2/h3-10,16-17H,11H2,1-2H3,(H,22,25)(H,23,26). The average Bonchev–Trinajstić information content (AvgIpc) is 3.49. The van der Waals surface area contributed by atoms with Crippen LogP contribution in [-0.2, 0) is 14.3 Å². The van der Waals surface area contributed by atoms with Gasteiger partial charge < -0.3 is 15.4 Å². The Morgan fingerprint density at radius 1 is 0.929 bits per heavy atom. The molecule has 1 aliphatic carbocycles. The number of ketones is 1. The van der Waals surface area contributed by atoms with Crippen LogP contribution in [0.3, 0.4) is 0 Å². The van der Waals surface area contributed by atoms with Crippen molar-refractivity contribution >= 4 is 34.9 Å². The summed E-state index contributed by atoms with van der Waals surface area (Å²) < 4.78 is 4.71. The molecule has 3 rings (SSSR count). The number of amides is 2. The Labute approximate surface area is 162 Å². The summed E-state index contributed by atoms with van der Waals surface area (Å²) in [6.45, 7) is 1.45. The molecule has 0 spiro atoms. The lowest BCUT2D eigenvalue weighted by molar-refractivity contribution is -0.122. The van der Waals surface area contributed by atoms with E-state index >= 15 is 0 Å². The second-order valence-corrected chi connectivity index (χ2v) is 6.60. The van der Waals surface area contributed by atoms with E-state index in [4.69, 9.17) is 4.74 Å². The second-order valence-electron chi connectivity index (χ2n) is 6.60. The number of para-hydroxylation sites is 1. The van der Waals surface area contributed by atoms with Crippen LogP contribution in [-0.4, -0.2) is 30.7 Å². The minimum atomic E-state index is -0.550. The van der Waals surface area contributed by atoms with E-state index in [2.05, 4.69) is 10.6 Å². The highest BCUT2D eigenvalue weighted by Gasteiger charge is 2.48. The first-order chi connectivity index (χ1) is 13.4. The number of methoxy groups -OCH3 is 1. The molecule has 0 saturated heterocycles. The minimum Gasteiger partial charge on any atom is -0.465 e. The molecule has 2 N–H and O–H groups in total. The number of benzene rings is 2. The normalized spacial score (nSPS) is 17.4. The quantitative estimate of drug-likeness (QED) is 0.593. The molecule has 0 heterocycles. The van der Waals surface area contributed by atoms with E-state index in [1.165, 1.54) is 14.0 Å². The lowest BCUT2D eigenvalue weighted by Crippen LogP contribution is -2.21. The SMILES string of the molecule is COC(=O)c1ccccc1NC(=O)C1CC1C(=O)Nc1cccc(C(C)=O)c1. The number of hydrogen-bond donors (Lipinski definition) is 2. The molecule has 0 aliphatic heterocycles. The van der Waals surface area contributed by atoms with Crippen molar-refractivity contribution in [3.63, 3.8) is 0 Å². The summed E-state index contributed by atoms with van der Waals surface area (Å²) in [5.74, 6) is -2.17.